The first-order valence-corrected chi connectivity index (χ1v) is 8.37. The smallest absolute Gasteiger partial charge is 0.163 e. The highest BCUT2D eigenvalue weighted by atomic mass is 16.5. The molecule has 5 heteroatoms. The maximum absolute atomic E-state index is 5.38. The Balaban J connectivity index is 1.97. The van der Waals surface area contributed by atoms with Crippen molar-refractivity contribution in [2.75, 3.05) is 14.2 Å². The minimum atomic E-state index is 0.422. The van der Waals surface area contributed by atoms with Gasteiger partial charge in [-0.1, -0.05) is 42.5 Å². The largest absolute Gasteiger partial charge is 0.497 e. The summed E-state index contributed by atoms with van der Waals surface area (Å²) >= 11 is 0. The van der Waals surface area contributed by atoms with Crippen LogP contribution in [0.1, 0.15) is 5.69 Å². The van der Waals surface area contributed by atoms with Crippen LogP contribution in [0.4, 0.5) is 0 Å². The fourth-order valence-electron chi connectivity index (χ4n) is 3.13. The molecule has 0 aliphatic heterocycles. The van der Waals surface area contributed by atoms with Gasteiger partial charge in [0.05, 0.1) is 30.7 Å². The lowest BCUT2D eigenvalue weighted by Gasteiger charge is -2.07. The lowest BCUT2D eigenvalue weighted by molar-refractivity contribution is 0.181. The predicted molar refractivity (Wildman–Crippen MR) is 101 cm³/mol. The van der Waals surface area contributed by atoms with E-state index in [2.05, 4.69) is 17.1 Å². The predicted octanol–water partition coefficient (Wildman–Crippen LogP) is 4.22. The third kappa shape index (κ3) is 2.82. The van der Waals surface area contributed by atoms with Crippen molar-refractivity contribution < 1.29 is 9.47 Å². The number of nitrogens with zero attached hydrogens (tertiary/aromatic N) is 3. The Hall–Kier alpha value is -3.18. The minimum absolute atomic E-state index is 0.422. The summed E-state index contributed by atoms with van der Waals surface area (Å²) in [7, 11) is 3.34. The van der Waals surface area contributed by atoms with Crippen molar-refractivity contribution in [1.29, 1.82) is 0 Å². The van der Waals surface area contributed by atoms with Crippen LogP contribution in [0.5, 0.6) is 5.75 Å². The molecule has 0 saturated heterocycles. The average molecular weight is 345 g/mol. The Labute approximate surface area is 151 Å². The number of benzene rings is 2. The molecule has 2 heterocycles. The van der Waals surface area contributed by atoms with Crippen LogP contribution in [0.3, 0.4) is 0 Å². The highest BCUT2D eigenvalue weighted by Crippen LogP contribution is 2.31. The molecule has 2 aromatic heterocycles. The maximum atomic E-state index is 5.38. The Morgan fingerprint density at radius 1 is 0.923 bits per heavy atom. The zero-order valence-electron chi connectivity index (χ0n) is 14.7. The number of methoxy groups -OCH3 is 2. The molecule has 0 saturated carbocycles. The Kier molecular flexibility index (Phi) is 4.37. The molecule has 0 spiro atoms. The normalized spacial score (nSPS) is 11.0. The van der Waals surface area contributed by atoms with Crippen molar-refractivity contribution in [3.63, 3.8) is 0 Å². The second-order valence-electron chi connectivity index (χ2n) is 5.92. The van der Waals surface area contributed by atoms with Crippen LogP contribution >= 0.6 is 0 Å². The van der Waals surface area contributed by atoms with Crippen LogP contribution in [0.2, 0.25) is 0 Å². The first kappa shape index (κ1) is 16.3. The van der Waals surface area contributed by atoms with E-state index < -0.39 is 0 Å². The quantitative estimate of drug-likeness (QED) is 0.543. The summed E-state index contributed by atoms with van der Waals surface area (Å²) in [5.74, 6) is 0.806. The molecule has 0 unspecified atom stereocenters. The summed E-state index contributed by atoms with van der Waals surface area (Å²) in [6.45, 7) is 0.422. The molecule has 2 aromatic carbocycles. The summed E-state index contributed by atoms with van der Waals surface area (Å²) < 4.78 is 12.6. The van der Waals surface area contributed by atoms with Crippen LogP contribution in [0.15, 0.2) is 66.9 Å². The van der Waals surface area contributed by atoms with E-state index in [9.17, 15) is 0 Å². The van der Waals surface area contributed by atoms with Crippen LogP contribution < -0.4 is 4.74 Å². The summed E-state index contributed by atoms with van der Waals surface area (Å²) in [6, 6.07) is 20.1. The molecule has 5 nitrogen and oxygen atoms in total. The highest BCUT2D eigenvalue weighted by molar-refractivity contribution is 5.81. The lowest BCUT2D eigenvalue weighted by atomic mass is 10.1. The molecule has 4 rings (SSSR count). The van der Waals surface area contributed by atoms with Crippen LogP contribution in [0.25, 0.3) is 28.0 Å². The van der Waals surface area contributed by atoms with E-state index in [-0.39, 0.29) is 0 Å². The zero-order valence-corrected chi connectivity index (χ0v) is 14.7. The third-order valence-electron chi connectivity index (χ3n) is 4.30. The second kappa shape index (κ2) is 6.98. The van der Waals surface area contributed by atoms with Crippen molar-refractivity contribution >= 4 is 5.65 Å². The van der Waals surface area contributed by atoms with Crippen molar-refractivity contribution in [2.24, 2.45) is 0 Å². The summed E-state index contributed by atoms with van der Waals surface area (Å²) in [5, 5.41) is 4.80. The van der Waals surface area contributed by atoms with Gasteiger partial charge in [0.1, 0.15) is 5.75 Å². The Morgan fingerprint density at radius 2 is 1.73 bits per heavy atom. The van der Waals surface area contributed by atoms with E-state index in [1.165, 1.54) is 0 Å². The first-order valence-electron chi connectivity index (χ1n) is 8.37. The SMILES string of the molecule is COCc1nn2c(-c3cccc(OC)c3)ccnc2c1-c1ccccc1. The molecule has 4 aromatic rings. The van der Waals surface area contributed by atoms with Gasteiger partial charge in [0.15, 0.2) is 5.65 Å². The number of ether oxygens (including phenoxy) is 2. The van der Waals surface area contributed by atoms with Gasteiger partial charge in [-0.2, -0.15) is 5.10 Å². The maximum Gasteiger partial charge on any atom is 0.163 e. The molecule has 0 amide bonds. The zero-order chi connectivity index (χ0) is 17.9. The van der Waals surface area contributed by atoms with Gasteiger partial charge in [-0.05, 0) is 23.8 Å². The molecule has 26 heavy (non-hydrogen) atoms. The number of hydrogen-bond acceptors (Lipinski definition) is 4. The summed E-state index contributed by atoms with van der Waals surface area (Å²) in [5.41, 5.74) is 5.71. The molecule has 0 bridgehead atoms. The van der Waals surface area contributed by atoms with Gasteiger partial charge in [0.25, 0.3) is 0 Å². The fourth-order valence-corrected chi connectivity index (χ4v) is 3.13. The van der Waals surface area contributed by atoms with Crippen molar-refractivity contribution in [1.82, 2.24) is 14.6 Å². The third-order valence-corrected chi connectivity index (χ3v) is 4.30. The Morgan fingerprint density at radius 3 is 2.50 bits per heavy atom. The molecule has 0 atom stereocenters. The van der Waals surface area contributed by atoms with E-state index in [0.717, 1.165) is 39.5 Å². The number of fused-ring (bicyclic) bond motifs is 1. The lowest BCUT2D eigenvalue weighted by Crippen LogP contribution is -1.97. The molecular formula is C21H19N3O2. The van der Waals surface area contributed by atoms with E-state index in [4.69, 9.17) is 14.6 Å². The van der Waals surface area contributed by atoms with Crippen LogP contribution in [0, 0.1) is 0 Å². The van der Waals surface area contributed by atoms with Gasteiger partial charge in [0, 0.05) is 18.9 Å². The molecule has 0 N–H and O–H groups in total. The number of rotatable bonds is 5. The van der Waals surface area contributed by atoms with Gasteiger partial charge in [0.2, 0.25) is 0 Å². The van der Waals surface area contributed by atoms with E-state index >= 15 is 0 Å². The number of hydrogen-bond donors (Lipinski definition) is 0. The van der Waals surface area contributed by atoms with Gasteiger partial charge in [-0.15, -0.1) is 0 Å². The summed E-state index contributed by atoms with van der Waals surface area (Å²) in [6.07, 6.45) is 1.81. The standard InChI is InChI=1S/C21H19N3O2/c1-25-14-18-20(15-7-4-3-5-8-15)21-22-12-11-19(24(21)23-18)16-9-6-10-17(13-16)26-2/h3-13H,14H2,1-2H3. The fraction of sp³-hybridized carbons (Fsp3) is 0.143. The van der Waals surface area contributed by atoms with Crippen molar-refractivity contribution in [3.05, 3.63) is 72.6 Å². The second-order valence-corrected chi connectivity index (χ2v) is 5.92. The highest BCUT2D eigenvalue weighted by Gasteiger charge is 2.18. The molecule has 0 radical (unpaired) electrons. The van der Waals surface area contributed by atoms with Gasteiger partial charge >= 0.3 is 0 Å². The molecular weight excluding hydrogens is 326 g/mol. The van der Waals surface area contributed by atoms with E-state index in [1.807, 2.05) is 59.2 Å². The molecule has 0 fully saturated rings. The van der Waals surface area contributed by atoms with Crippen molar-refractivity contribution in [3.8, 4) is 28.1 Å². The molecule has 0 aliphatic carbocycles. The monoisotopic (exact) mass is 345 g/mol. The minimum Gasteiger partial charge on any atom is -0.497 e. The average Bonchev–Trinajstić information content (AvgIpc) is 3.07. The van der Waals surface area contributed by atoms with Crippen molar-refractivity contribution in [2.45, 2.75) is 6.61 Å². The topological polar surface area (TPSA) is 48.7 Å². The van der Waals surface area contributed by atoms with Gasteiger partial charge in [-0.25, -0.2) is 9.50 Å². The van der Waals surface area contributed by atoms with Gasteiger partial charge < -0.3 is 9.47 Å². The van der Waals surface area contributed by atoms with E-state index in [0.29, 0.717) is 6.61 Å². The van der Waals surface area contributed by atoms with Crippen LogP contribution in [-0.4, -0.2) is 28.8 Å². The van der Waals surface area contributed by atoms with Crippen LogP contribution in [-0.2, 0) is 11.3 Å². The van der Waals surface area contributed by atoms with Gasteiger partial charge in [-0.3, -0.25) is 0 Å². The van der Waals surface area contributed by atoms with E-state index in [1.54, 1.807) is 14.2 Å². The molecule has 130 valence electrons. The number of aromatic nitrogens is 3. The molecule has 0 aliphatic rings. The Bertz CT molecular complexity index is 1040. The first-order chi connectivity index (χ1) is 12.8. The summed E-state index contributed by atoms with van der Waals surface area (Å²) in [4.78, 5) is 4.60.